The van der Waals surface area contributed by atoms with Crippen LogP contribution in [0.1, 0.15) is 108 Å². The Balaban J connectivity index is 1.73. The Morgan fingerprint density at radius 1 is 1.12 bits per heavy atom. The maximum absolute atomic E-state index is 13.5. The van der Waals surface area contributed by atoms with Gasteiger partial charge in [0.05, 0.1) is 4.91 Å². The normalized spacial score (nSPS) is 18.4. The number of pyridine rings is 1. The fraction of sp³-hybridized carbons (Fsp3) is 0.645. The molecule has 8 nitrogen and oxygen atoms in total. The lowest BCUT2D eigenvalue weighted by Gasteiger charge is -2.36. The number of carboxylic acids is 1. The van der Waals surface area contributed by atoms with E-state index in [0.29, 0.717) is 33.8 Å². The van der Waals surface area contributed by atoms with Gasteiger partial charge in [0.25, 0.3) is 11.5 Å². The van der Waals surface area contributed by atoms with Gasteiger partial charge in [0.2, 0.25) is 0 Å². The van der Waals surface area contributed by atoms with Crippen LogP contribution in [0.3, 0.4) is 0 Å². The lowest BCUT2D eigenvalue weighted by molar-refractivity contribution is -0.137. The number of aromatic nitrogens is 1. The highest BCUT2D eigenvalue weighted by atomic mass is 32.2. The third kappa shape index (κ3) is 8.68. The van der Waals surface area contributed by atoms with Crippen LogP contribution >= 0.6 is 24.0 Å². The molecule has 3 heterocycles. The second-order valence-electron chi connectivity index (χ2n) is 11.3. The Morgan fingerprint density at radius 2 is 1.78 bits per heavy atom. The number of hydrogen-bond donors (Lipinski definition) is 1. The number of thiocarbonyl (C=S) groups is 1. The fourth-order valence-electron chi connectivity index (χ4n) is 5.73. The fourth-order valence-corrected chi connectivity index (χ4v) is 7.02. The van der Waals surface area contributed by atoms with Crippen LogP contribution in [0, 0.1) is 24.2 Å². The maximum Gasteiger partial charge on any atom is 0.303 e. The molecule has 1 aromatic rings. The van der Waals surface area contributed by atoms with Gasteiger partial charge in [-0.3, -0.25) is 23.9 Å². The molecule has 224 valence electrons. The van der Waals surface area contributed by atoms with E-state index in [4.69, 9.17) is 17.3 Å². The highest BCUT2D eigenvalue weighted by Gasteiger charge is 2.33. The van der Waals surface area contributed by atoms with E-state index in [0.717, 1.165) is 95.1 Å². The van der Waals surface area contributed by atoms with Crippen molar-refractivity contribution in [1.29, 1.82) is 5.26 Å². The molecule has 2 aliphatic heterocycles. The molecule has 10 heteroatoms. The summed E-state index contributed by atoms with van der Waals surface area (Å²) in [6.07, 6.45) is 13.0. The first-order valence-corrected chi connectivity index (χ1v) is 16.3. The summed E-state index contributed by atoms with van der Waals surface area (Å²) in [4.78, 5) is 41.9. The van der Waals surface area contributed by atoms with Crippen LogP contribution in [0.25, 0.3) is 6.08 Å². The Hall–Kier alpha value is -2.64. The van der Waals surface area contributed by atoms with Gasteiger partial charge in [0.1, 0.15) is 21.8 Å². The number of piperidine rings is 1. The molecule has 0 aliphatic carbocycles. The molecule has 2 fully saturated rings. The molecule has 1 N–H and O–H groups in total. The van der Waals surface area contributed by atoms with Crippen molar-refractivity contribution in [3.8, 4) is 6.07 Å². The molecule has 0 saturated carbocycles. The molecular formula is C31H44N4O4S2. The summed E-state index contributed by atoms with van der Waals surface area (Å²) in [7, 11) is 0. The minimum Gasteiger partial charge on any atom is -0.481 e. The minimum atomic E-state index is -0.727. The van der Waals surface area contributed by atoms with Crippen LogP contribution in [-0.4, -0.2) is 50.4 Å². The van der Waals surface area contributed by atoms with Gasteiger partial charge in [-0.05, 0) is 56.6 Å². The van der Waals surface area contributed by atoms with Gasteiger partial charge in [-0.15, -0.1) is 0 Å². The average Bonchev–Trinajstić information content (AvgIpc) is 3.19. The first-order valence-electron chi connectivity index (χ1n) is 15.1. The molecule has 1 atom stereocenters. The second kappa shape index (κ2) is 16.1. The molecule has 0 aromatic carbocycles. The SMILES string of the molecule is CCCn1c(N2CCCC(C)C2)c(/C=C2/SC(=S)N(CCCCCCCCCCC(=O)O)C2=O)c(C)c(C#N)c1=O. The van der Waals surface area contributed by atoms with E-state index in [1.807, 2.05) is 19.9 Å². The standard InChI is InChI=1S/C31H44N4O4S2/c1-4-16-34-28(33-17-13-14-22(2)21-33)24(23(3)25(20-32)29(34)38)19-26-30(39)35(31(40)41-26)18-12-10-8-6-5-7-9-11-15-27(36)37/h19,22H,4-18,21H2,1-3H3,(H,36,37)/b26-19+. The van der Waals surface area contributed by atoms with Crippen molar-refractivity contribution in [2.75, 3.05) is 24.5 Å². The van der Waals surface area contributed by atoms with Gasteiger partial charge >= 0.3 is 5.97 Å². The number of aliphatic carboxylic acids is 1. The van der Waals surface area contributed by atoms with Crippen molar-refractivity contribution >= 4 is 52.1 Å². The predicted octanol–water partition coefficient (Wildman–Crippen LogP) is 6.47. The van der Waals surface area contributed by atoms with E-state index in [1.165, 1.54) is 11.8 Å². The predicted molar refractivity (Wildman–Crippen MR) is 170 cm³/mol. The van der Waals surface area contributed by atoms with Crippen LogP contribution < -0.4 is 10.5 Å². The highest BCUT2D eigenvalue weighted by Crippen LogP contribution is 2.37. The number of carbonyl (C=O) groups excluding carboxylic acids is 1. The van der Waals surface area contributed by atoms with Crippen molar-refractivity contribution in [3.05, 3.63) is 31.9 Å². The van der Waals surface area contributed by atoms with Gasteiger partial charge in [0, 0.05) is 38.2 Å². The van der Waals surface area contributed by atoms with E-state index >= 15 is 0 Å². The Morgan fingerprint density at radius 3 is 2.39 bits per heavy atom. The topological polar surface area (TPSA) is 107 Å². The smallest absolute Gasteiger partial charge is 0.303 e. The monoisotopic (exact) mass is 600 g/mol. The number of hydrogen-bond acceptors (Lipinski definition) is 7. The number of carboxylic acid groups (broad SMARTS) is 1. The molecule has 3 rings (SSSR count). The second-order valence-corrected chi connectivity index (χ2v) is 13.0. The van der Waals surface area contributed by atoms with Crippen molar-refractivity contribution < 1.29 is 14.7 Å². The third-order valence-electron chi connectivity index (χ3n) is 7.92. The van der Waals surface area contributed by atoms with Gasteiger partial charge in [0.15, 0.2) is 0 Å². The first-order chi connectivity index (χ1) is 19.7. The molecule has 1 aromatic heterocycles. The molecule has 41 heavy (non-hydrogen) atoms. The van der Waals surface area contributed by atoms with Gasteiger partial charge in [-0.1, -0.05) is 76.4 Å². The summed E-state index contributed by atoms with van der Waals surface area (Å²) < 4.78 is 2.29. The largest absolute Gasteiger partial charge is 0.481 e. The van der Waals surface area contributed by atoms with Crippen LogP contribution in [0.2, 0.25) is 0 Å². The van der Waals surface area contributed by atoms with Crippen molar-refractivity contribution in [2.24, 2.45) is 5.92 Å². The van der Waals surface area contributed by atoms with Gasteiger partial charge < -0.3 is 10.0 Å². The quantitative estimate of drug-likeness (QED) is 0.139. The summed E-state index contributed by atoms with van der Waals surface area (Å²) in [5, 5.41) is 18.6. The number of nitrogens with zero attached hydrogens (tertiary/aromatic N) is 4. The van der Waals surface area contributed by atoms with Crippen molar-refractivity contribution in [3.63, 3.8) is 0 Å². The Bertz CT molecular complexity index is 1250. The molecular weight excluding hydrogens is 556 g/mol. The summed E-state index contributed by atoms with van der Waals surface area (Å²) in [5.41, 5.74) is 1.26. The van der Waals surface area contributed by atoms with E-state index in [2.05, 4.69) is 17.9 Å². The first kappa shape index (κ1) is 32.9. The van der Waals surface area contributed by atoms with Crippen LogP contribution in [-0.2, 0) is 16.1 Å². The lowest BCUT2D eigenvalue weighted by Crippen LogP contribution is -2.40. The summed E-state index contributed by atoms with van der Waals surface area (Å²) >= 11 is 6.90. The molecule has 0 bridgehead atoms. The molecule has 0 radical (unpaired) electrons. The maximum atomic E-state index is 13.5. The molecule has 2 saturated heterocycles. The number of unbranched alkanes of at least 4 members (excludes halogenated alkanes) is 7. The molecule has 1 unspecified atom stereocenters. The van der Waals surface area contributed by atoms with Gasteiger partial charge in [-0.25, -0.2) is 0 Å². The zero-order valence-corrected chi connectivity index (χ0v) is 26.4. The Labute approximate surface area is 253 Å². The van der Waals surface area contributed by atoms with E-state index in [1.54, 1.807) is 9.47 Å². The number of rotatable bonds is 15. The van der Waals surface area contributed by atoms with Crippen molar-refractivity contribution in [1.82, 2.24) is 9.47 Å². The van der Waals surface area contributed by atoms with Crippen LogP contribution in [0.4, 0.5) is 5.82 Å². The van der Waals surface area contributed by atoms with E-state index in [9.17, 15) is 19.6 Å². The van der Waals surface area contributed by atoms with Crippen molar-refractivity contribution in [2.45, 2.75) is 104 Å². The number of amides is 1. The summed E-state index contributed by atoms with van der Waals surface area (Å²) in [6.45, 7) is 8.81. The van der Waals surface area contributed by atoms with E-state index < -0.39 is 5.97 Å². The number of nitriles is 1. The Kier molecular flexibility index (Phi) is 12.9. The summed E-state index contributed by atoms with van der Waals surface area (Å²) in [6, 6.07) is 2.13. The lowest BCUT2D eigenvalue weighted by atomic mass is 9.98. The molecule has 1 amide bonds. The number of carbonyl (C=O) groups is 2. The zero-order valence-electron chi connectivity index (χ0n) is 24.7. The van der Waals surface area contributed by atoms with Crippen LogP contribution in [0.15, 0.2) is 9.70 Å². The minimum absolute atomic E-state index is 0.109. The van der Waals surface area contributed by atoms with E-state index in [-0.39, 0.29) is 23.5 Å². The highest BCUT2D eigenvalue weighted by molar-refractivity contribution is 8.26. The molecule has 0 spiro atoms. The zero-order chi connectivity index (χ0) is 29.9. The van der Waals surface area contributed by atoms with Crippen LogP contribution in [0.5, 0.6) is 0 Å². The average molecular weight is 601 g/mol. The van der Waals surface area contributed by atoms with Gasteiger partial charge in [-0.2, -0.15) is 5.26 Å². The molecule has 2 aliphatic rings. The third-order valence-corrected chi connectivity index (χ3v) is 9.30. The number of anilines is 1. The number of thioether (sulfide) groups is 1. The summed E-state index contributed by atoms with van der Waals surface area (Å²) in [5.74, 6) is 0.471.